The second-order valence-electron chi connectivity index (χ2n) is 5.90. The van der Waals surface area contributed by atoms with Gasteiger partial charge in [0.1, 0.15) is 0 Å². The van der Waals surface area contributed by atoms with Crippen molar-refractivity contribution in [3.05, 3.63) is 67.9 Å². The summed E-state index contributed by atoms with van der Waals surface area (Å²) in [6.07, 6.45) is 2.67. The van der Waals surface area contributed by atoms with Crippen LogP contribution in [0.15, 0.2) is 41.3 Å². The molecule has 0 radical (unpaired) electrons. The van der Waals surface area contributed by atoms with Crippen LogP contribution in [-0.4, -0.2) is 10.5 Å². The minimum Gasteiger partial charge on any atom is -0.348 e. The molecule has 2 aromatic heterocycles. The highest BCUT2D eigenvalue weighted by molar-refractivity contribution is 7.19. The van der Waals surface area contributed by atoms with Gasteiger partial charge in [0.05, 0.1) is 10.9 Å². The fraction of sp³-hybridized carbons (Fsp3) is 0.263. The van der Waals surface area contributed by atoms with E-state index in [-0.39, 0.29) is 11.5 Å². The van der Waals surface area contributed by atoms with E-state index in [1.165, 1.54) is 11.3 Å². The summed E-state index contributed by atoms with van der Waals surface area (Å²) < 4.78 is 2.52. The van der Waals surface area contributed by atoms with Crippen LogP contribution < -0.4 is 10.9 Å². The van der Waals surface area contributed by atoms with Crippen LogP contribution in [0.5, 0.6) is 0 Å². The van der Waals surface area contributed by atoms with Gasteiger partial charge >= 0.3 is 0 Å². The number of rotatable bonds is 5. The SMILES string of the molecule is CCCn1ccc2sc(C)c(C(=O)NCc3cccc(Cl)c3)c2c1=O. The highest BCUT2D eigenvalue weighted by Crippen LogP contribution is 2.28. The van der Waals surface area contributed by atoms with Gasteiger partial charge in [0.15, 0.2) is 0 Å². The van der Waals surface area contributed by atoms with Gasteiger partial charge in [0.2, 0.25) is 0 Å². The molecule has 0 bridgehead atoms. The Morgan fingerprint density at radius 1 is 1.32 bits per heavy atom. The van der Waals surface area contributed by atoms with Gasteiger partial charge in [-0.2, -0.15) is 0 Å². The van der Waals surface area contributed by atoms with E-state index in [0.717, 1.165) is 21.6 Å². The summed E-state index contributed by atoms with van der Waals surface area (Å²) >= 11 is 7.45. The highest BCUT2D eigenvalue weighted by Gasteiger charge is 2.19. The third-order valence-corrected chi connectivity index (χ3v) is 5.33. The largest absolute Gasteiger partial charge is 0.348 e. The average Bonchev–Trinajstić information content (AvgIpc) is 2.92. The van der Waals surface area contributed by atoms with Crippen molar-refractivity contribution in [3.63, 3.8) is 0 Å². The molecule has 1 N–H and O–H groups in total. The van der Waals surface area contributed by atoms with Crippen molar-refractivity contribution in [3.8, 4) is 0 Å². The highest BCUT2D eigenvalue weighted by atomic mass is 35.5. The summed E-state index contributed by atoms with van der Waals surface area (Å²) in [6.45, 7) is 4.91. The molecule has 0 aliphatic heterocycles. The van der Waals surface area contributed by atoms with Gasteiger partial charge in [0.25, 0.3) is 11.5 Å². The molecule has 0 spiro atoms. The summed E-state index contributed by atoms with van der Waals surface area (Å²) in [5.74, 6) is -0.227. The fourth-order valence-corrected chi connectivity index (χ4v) is 4.13. The van der Waals surface area contributed by atoms with Crippen molar-refractivity contribution < 1.29 is 4.79 Å². The van der Waals surface area contributed by atoms with Crippen LogP contribution in [-0.2, 0) is 13.1 Å². The standard InChI is InChI=1S/C19H19ClN2O2S/c1-3-8-22-9-7-15-17(19(22)24)16(12(2)25-15)18(23)21-11-13-5-4-6-14(20)10-13/h4-7,9-10H,3,8,11H2,1-2H3,(H,21,23). The van der Waals surface area contributed by atoms with E-state index in [9.17, 15) is 9.59 Å². The summed E-state index contributed by atoms with van der Waals surface area (Å²) in [7, 11) is 0. The van der Waals surface area contributed by atoms with Crippen LogP contribution >= 0.6 is 22.9 Å². The second kappa shape index (κ2) is 7.42. The number of pyridine rings is 1. The maximum Gasteiger partial charge on any atom is 0.260 e. The first kappa shape index (κ1) is 17.7. The molecular weight excluding hydrogens is 356 g/mol. The van der Waals surface area contributed by atoms with Crippen molar-refractivity contribution in [1.82, 2.24) is 9.88 Å². The molecule has 3 rings (SSSR count). The zero-order valence-corrected chi connectivity index (χ0v) is 15.7. The van der Waals surface area contributed by atoms with Crippen molar-refractivity contribution in [1.29, 1.82) is 0 Å². The maximum atomic E-state index is 12.7. The number of fused-ring (bicyclic) bond motifs is 1. The van der Waals surface area contributed by atoms with Crippen LogP contribution in [0, 0.1) is 6.92 Å². The molecule has 1 amide bonds. The molecule has 4 nitrogen and oxygen atoms in total. The van der Waals surface area contributed by atoms with E-state index in [0.29, 0.717) is 29.1 Å². The maximum absolute atomic E-state index is 12.7. The lowest BCUT2D eigenvalue weighted by Crippen LogP contribution is -2.26. The Kier molecular flexibility index (Phi) is 5.25. The zero-order chi connectivity index (χ0) is 18.0. The molecule has 2 heterocycles. The van der Waals surface area contributed by atoms with Crippen molar-refractivity contribution in [2.75, 3.05) is 0 Å². The molecule has 0 aliphatic carbocycles. The van der Waals surface area contributed by atoms with Gasteiger partial charge in [0, 0.05) is 33.9 Å². The first-order valence-corrected chi connectivity index (χ1v) is 9.36. The molecule has 130 valence electrons. The lowest BCUT2D eigenvalue weighted by molar-refractivity contribution is 0.0952. The zero-order valence-electron chi connectivity index (χ0n) is 14.1. The Labute approximate surface area is 155 Å². The number of halogens is 1. The average molecular weight is 375 g/mol. The predicted octanol–water partition coefficient (Wildman–Crippen LogP) is 4.36. The normalized spacial score (nSPS) is 11.0. The van der Waals surface area contributed by atoms with Gasteiger partial charge in [-0.05, 0) is 37.1 Å². The minimum atomic E-state index is -0.227. The van der Waals surface area contributed by atoms with Crippen LogP contribution in [0.1, 0.15) is 34.1 Å². The number of benzene rings is 1. The van der Waals surface area contributed by atoms with Crippen LogP contribution in [0.25, 0.3) is 10.1 Å². The molecule has 25 heavy (non-hydrogen) atoms. The molecule has 6 heteroatoms. The van der Waals surface area contributed by atoms with E-state index in [2.05, 4.69) is 5.32 Å². The van der Waals surface area contributed by atoms with E-state index in [1.807, 2.05) is 38.1 Å². The molecule has 0 fully saturated rings. The molecule has 0 aliphatic rings. The van der Waals surface area contributed by atoms with E-state index in [4.69, 9.17) is 11.6 Å². The Bertz CT molecular complexity index is 991. The fourth-order valence-electron chi connectivity index (χ4n) is 2.87. The van der Waals surface area contributed by atoms with Gasteiger partial charge < -0.3 is 9.88 Å². The summed E-state index contributed by atoms with van der Waals surface area (Å²) in [6, 6.07) is 9.27. The number of nitrogens with zero attached hydrogens (tertiary/aromatic N) is 1. The summed E-state index contributed by atoms with van der Waals surface area (Å²) in [5.41, 5.74) is 1.30. The molecular formula is C19H19ClN2O2S. The topological polar surface area (TPSA) is 51.1 Å². The number of amides is 1. The van der Waals surface area contributed by atoms with Gasteiger partial charge in [-0.1, -0.05) is 30.7 Å². The number of carbonyl (C=O) groups is 1. The number of aryl methyl sites for hydroxylation is 2. The molecule has 0 saturated carbocycles. The molecule has 0 unspecified atom stereocenters. The lowest BCUT2D eigenvalue weighted by Gasteiger charge is -2.07. The number of carbonyl (C=O) groups excluding carboxylic acids is 1. The monoisotopic (exact) mass is 374 g/mol. The molecule has 0 atom stereocenters. The van der Waals surface area contributed by atoms with E-state index in [1.54, 1.807) is 16.8 Å². The number of hydrogen-bond donors (Lipinski definition) is 1. The Balaban J connectivity index is 1.94. The predicted molar refractivity (Wildman–Crippen MR) is 104 cm³/mol. The molecule has 0 saturated heterocycles. The third-order valence-electron chi connectivity index (χ3n) is 4.03. The van der Waals surface area contributed by atoms with Crippen molar-refractivity contribution in [2.45, 2.75) is 33.4 Å². The Morgan fingerprint density at radius 3 is 2.84 bits per heavy atom. The first-order chi connectivity index (χ1) is 12.0. The van der Waals surface area contributed by atoms with Gasteiger partial charge in [-0.15, -0.1) is 11.3 Å². The van der Waals surface area contributed by atoms with Crippen LogP contribution in [0.2, 0.25) is 5.02 Å². The van der Waals surface area contributed by atoms with Gasteiger partial charge in [-0.25, -0.2) is 0 Å². The van der Waals surface area contributed by atoms with Crippen molar-refractivity contribution in [2.24, 2.45) is 0 Å². The smallest absolute Gasteiger partial charge is 0.260 e. The summed E-state index contributed by atoms with van der Waals surface area (Å²) in [5, 5.41) is 4.05. The minimum absolute atomic E-state index is 0.100. The first-order valence-electron chi connectivity index (χ1n) is 8.16. The number of nitrogens with one attached hydrogen (secondary N) is 1. The second-order valence-corrected chi connectivity index (χ2v) is 7.59. The van der Waals surface area contributed by atoms with E-state index >= 15 is 0 Å². The Hall–Kier alpha value is -2.11. The van der Waals surface area contributed by atoms with Crippen LogP contribution in [0.3, 0.4) is 0 Å². The quantitative estimate of drug-likeness (QED) is 0.721. The van der Waals surface area contributed by atoms with Gasteiger partial charge in [-0.3, -0.25) is 9.59 Å². The molecule has 3 aromatic rings. The van der Waals surface area contributed by atoms with Crippen molar-refractivity contribution >= 4 is 38.9 Å². The molecule has 1 aromatic carbocycles. The Morgan fingerprint density at radius 2 is 2.12 bits per heavy atom. The summed E-state index contributed by atoms with van der Waals surface area (Å²) in [4.78, 5) is 26.3. The third kappa shape index (κ3) is 3.62. The lowest BCUT2D eigenvalue weighted by atomic mass is 10.1. The number of thiophene rings is 1. The number of hydrogen-bond acceptors (Lipinski definition) is 3. The van der Waals surface area contributed by atoms with Crippen LogP contribution in [0.4, 0.5) is 0 Å². The number of aromatic nitrogens is 1. The van der Waals surface area contributed by atoms with E-state index < -0.39 is 0 Å².